The van der Waals surface area contributed by atoms with Gasteiger partial charge in [-0.1, -0.05) is 17.3 Å². The highest BCUT2D eigenvalue weighted by atomic mass is 16.5. The number of aromatic nitrogens is 3. The summed E-state index contributed by atoms with van der Waals surface area (Å²) in [6, 6.07) is 13.3. The first kappa shape index (κ1) is 16.0. The van der Waals surface area contributed by atoms with Crippen molar-refractivity contribution in [2.24, 2.45) is 0 Å². The van der Waals surface area contributed by atoms with E-state index < -0.39 is 0 Å². The molecule has 1 heterocycles. The van der Waals surface area contributed by atoms with Gasteiger partial charge in [0, 0.05) is 18.2 Å². The third-order valence-corrected chi connectivity index (χ3v) is 3.83. The second-order valence-electron chi connectivity index (χ2n) is 5.86. The Morgan fingerprint density at radius 2 is 1.96 bits per heavy atom. The molecule has 0 unspecified atom stereocenters. The molecule has 24 heavy (non-hydrogen) atoms. The van der Waals surface area contributed by atoms with Crippen LogP contribution in [0.3, 0.4) is 0 Å². The van der Waals surface area contributed by atoms with E-state index in [0.717, 1.165) is 22.3 Å². The zero-order valence-electron chi connectivity index (χ0n) is 14.0. The van der Waals surface area contributed by atoms with E-state index in [1.807, 2.05) is 48.9 Å². The number of methoxy groups -OCH3 is 1. The van der Waals surface area contributed by atoms with Gasteiger partial charge >= 0.3 is 0 Å². The molecule has 0 radical (unpaired) electrons. The normalized spacial score (nSPS) is 11.0. The van der Waals surface area contributed by atoms with E-state index in [4.69, 9.17) is 4.74 Å². The summed E-state index contributed by atoms with van der Waals surface area (Å²) >= 11 is 0. The van der Waals surface area contributed by atoms with E-state index in [9.17, 15) is 4.79 Å². The quantitative estimate of drug-likeness (QED) is 0.783. The number of hydrogen-bond donors (Lipinski definition) is 1. The van der Waals surface area contributed by atoms with Crippen molar-refractivity contribution in [1.82, 2.24) is 20.3 Å². The Morgan fingerprint density at radius 3 is 2.62 bits per heavy atom. The molecule has 6 heteroatoms. The molecule has 0 aliphatic rings. The van der Waals surface area contributed by atoms with Gasteiger partial charge in [0.05, 0.1) is 12.6 Å². The Morgan fingerprint density at radius 1 is 1.21 bits per heavy atom. The molecule has 1 N–H and O–H groups in total. The number of nitrogens with one attached hydrogen (secondary N) is 1. The van der Waals surface area contributed by atoms with Crippen molar-refractivity contribution in [3.63, 3.8) is 0 Å². The lowest BCUT2D eigenvalue weighted by Gasteiger charge is -2.07. The molecule has 3 aromatic rings. The largest absolute Gasteiger partial charge is 0.497 e. The Kier molecular flexibility index (Phi) is 4.46. The minimum Gasteiger partial charge on any atom is -0.497 e. The van der Waals surface area contributed by atoms with Crippen molar-refractivity contribution < 1.29 is 9.53 Å². The van der Waals surface area contributed by atoms with Crippen LogP contribution in [0.5, 0.6) is 5.75 Å². The fourth-order valence-electron chi connectivity index (χ4n) is 2.49. The second kappa shape index (κ2) is 6.70. The maximum absolute atomic E-state index is 12.3. The summed E-state index contributed by atoms with van der Waals surface area (Å²) in [4.78, 5) is 12.3. The molecule has 0 fully saturated rings. The Bertz CT molecular complexity index is 853. The first-order valence-corrected chi connectivity index (χ1v) is 7.84. The third kappa shape index (κ3) is 3.22. The predicted octanol–water partition coefficient (Wildman–Crippen LogP) is 2.95. The first-order valence-electron chi connectivity index (χ1n) is 7.84. The number of amides is 1. The average molecular weight is 324 g/mol. The van der Waals surface area contributed by atoms with Gasteiger partial charge in [0.2, 0.25) is 0 Å². The van der Waals surface area contributed by atoms with Crippen LogP contribution in [0.4, 0.5) is 0 Å². The monoisotopic (exact) mass is 324 g/mol. The van der Waals surface area contributed by atoms with Gasteiger partial charge in [-0.2, -0.15) is 0 Å². The maximum atomic E-state index is 12.3. The van der Waals surface area contributed by atoms with Crippen molar-refractivity contribution >= 4 is 16.9 Å². The van der Waals surface area contributed by atoms with Gasteiger partial charge in [0.1, 0.15) is 11.3 Å². The number of carbonyl (C=O) groups is 1. The summed E-state index contributed by atoms with van der Waals surface area (Å²) in [5, 5.41) is 11.2. The average Bonchev–Trinajstić information content (AvgIpc) is 3.03. The molecule has 0 saturated carbocycles. The zero-order valence-corrected chi connectivity index (χ0v) is 14.0. The standard InChI is InChI=1S/C18H20N4O2/c1-12(2)22-17-9-6-14(10-16(17)20-21-22)18(23)19-11-13-4-7-15(24-3)8-5-13/h4-10,12H,11H2,1-3H3,(H,19,23). The molecular formula is C18H20N4O2. The highest BCUT2D eigenvalue weighted by Gasteiger charge is 2.11. The number of benzene rings is 2. The highest BCUT2D eigenvalue weighted by molar-refractivity contribution is 5.97. The molecule has 3 rings (SSSR count). The molecule has 0 aliphatic heterocycles. The van der Waals surface area contributed by atoms with Crippen LogP contribution in [0.15, 0.2) is 42.5 Å². The molecule has 1 amide bonds. The number of hydrogen-bond acceptors (Lipinski definition) is 4. The van der Waals surface area contributed by atoms with Crippen LogP contribution in [0, 0.1) is 0 Å². The summed E-state index contributed by atoms with van der Waals surface area (Å²) < 4.78 is 6.96. The molecule has 0 saturated heterocycles. The van der Waals surface area contributed by atoms with Crippen LogP contribution >= 0.6 is 0 Å². The smallest absolute Gasteiger partial charge is 0.251 e. The molecule has 0 bridgehead atoms. The lowest BCUT2D eigenvalue weighted by atomic mass is 10.1. The van der Waals surface area contributed by atoms with E-state index >= 15 is 0 Å². The van der Waals surface area contributed by atoms with Crippen LogP contribution in [0.25, 0.3) is 11.0 Å². The van der Waals surface area contributed by atoms with E-state index in [0.29, 0.717) is 12.1 Å². The van der Waals surface area contributed by atoms with E-state index in [1.165, 1.54) is 0 Å². The number of rotatable bonds is 5. The van der Waals surface area contributed by atoms with E-state index in [1.54, 1.807) is 19.2 Å². The van der Waals surface area contributed by atoms with Crippen molar-refractivity contribution in [3.8, 4) is 5.75 Å². The lowest BCUT2D eigenvalue weighted by molar-refractivity contribution is 0.0951. The summed E-state index contributed by atoms with van der Waals surface area (Å²) in [5.74, 6) is 0.663. The van der Waals surface area contributed by atoms with Gasteiger partial charge < -0.3 is 10.1 Å². The summed E-state index contributed by atoms with van der Waals surface area (Å²) in [7, 11) is 1.63. The Hall–Kier alpha value is -2.89. The van der Waals surface area contributed by atoms with E-state index in [-0.39, 0.29) is 11.9 Å². The van der Waals surface area contributed by atoms with Crippen molar-refractivity contribution in [2.75, 3.05) is 7.11 Å². The summed E-state index contributed by atoms with van der Waals surface area (Å²) in [6.07, 6.45) is 0. The van der Waals surface area contributed by atoms with Crippen molar-refractivity contribution in [2.45, 2.75) is 26.4 Å². The van der Waals surface area contributed by atoms with Gasteiger partial charge in [-0.25, -0.2) is 4.68 Å². The molecule has 0 aliphatic carbocycles. The number of nitrogens with zero attached hydrogens (tertiary/aromatic N) is 3. The Labute approximate surface area is 140 Å². The fraction of sp³-hybridized carbons (Fsp3) is 0.278. The molecule has 0 atom stereocenters. The maximum Gasteiger partial charge on any atom is 0.251 e. The topological polar surface area (TPSA) is 69.0 Å². The van der Waals surface area contributed by atoms with Gasteiger partial charge in [0.25, 0.3) is 5.91 Å². The fourth-order valence-corrected chi connectivity index (χ4v) is 2.49. The second-order valence-corrected chi connectivity index (χ2v) is 5.86. The summed E-state index contributed by atoms with van der Waals surface area (Å²) in [5.41, 5.74) is 3.24. The highest BCUT2D eigenvalue weighted by Crippen LogP contribution is 2.17. The number of fused-ring (bicyclic) bond motifs is 1. The molecule has 124 valence electrons. The molecular weight excluding hydrogens is 304 g/mol. The van der Waals surface area contributed by atoms with Crippen molar-refractivity contribution in [1.29, 1.82) is 0 Å². The van der Waals surface area contributed by atoms with Crippen LogP contribution < -0.4 is 10.1 Å². The van der Waals surface area contributed by atoms with Crippen LogP contribution in [0.1, 0.15) is 35.8 Å². The zero-order chi connectivity index (χ0) is 17.1. The number of ether oxygens (including phenoxy) is 1. The number of carbonyl (C=O) groups excluding carboxylic acids is 1. The van der Waals surface area contributed by atoms with Gasteiger partial charge in [-0.15, -0.1) is 5.10 Å². The van der Waals surface area contributed by atoms with Crippen LogP contribution in [-0.2, 0) is 6.54 Å². The SMILES string of the molecule is COc1ccc(CNC(=O)c2ccc3c(c2)nnn3C(C)C)cc1. The van der Waals surface area contributed by atoms with Crippen molar-refractivity contribution in [3.05, 3.63) is 53.6 Å². The molecule has 0 spiro atoms. The van der Waals surface area contributed by atoms with Gasteiger partial charge in [0.15, 0.2) is 0 Å². The lowest BCUT2D eigenvalue weighted by Crippen LogP contribution is -2.22. The Balaban J connectivity index is 1.71. The van der Waals surface area contributed by atoms with Gasteiger partial charge in [-0.3, -0.25) is 4.79 Å². The van der Waals surface area contributed by atoms with Crippen LogP contribution in [0.2, 0.25) is 0 Å². The van der Waals surface area contributed by atoms with Crippen LogP contribution in [-0.4, -0.2) is 28.0 Å². The minimum absolute atomic E-state index is 0.133. The molecule has 1 aromatic heterocycles. The molecule has 6 nitrogen and oxygen atoms in total. The third-order valence-electron chi connectivity index (χ3n) is 3.83. The van der Waals surface area contributed by atoms with Gasteiger partial charge in [-0.05, 0) is 49.7 Å². The van der Waals surface area contributed by atoms with E-state index in [2.05, 4.69) is 15.6 Å². The minimum atomic E-state index is -0.133. The predicted molar refractivity (Wildman–Crippen MR) is 92.1 cm³/mol. The first-order chi connectivity index (χ1) is 11.6. The molecule has 2 aromatic carbocycles. The summed E-state index contributed by atoms with van der Waals surface area (Å²) in [6.45, 7) is 4.55.